The van der Waals surface area contributed by atoms with E-state index in [0.717, 1.165) is 11.3 Å². The molecule has 0 fully saturated rings. The van der Waals surface area contributed by atoms with E-state index in [0.29, 0.717) is 35.3 Å². The van der Waals surface area contributed by atoms with E-state index in [-0.39, 0.29) is 11.6 Å². The zero-order valence-corrected chi connectivity index (χ0v) is 16.2. The van der Waals surface area contributed by atoms with Crippen molar-refractivity contribution < 1.29 is 23.4 Å². The van der Waals surface area contributed by atoms with E-state index in [4.69, 9.17) is 18.6 Å². The summed E-state index contributed by atoms with van der Waals surface area (Å²) in [5.74, 6) is 2.41. The topological polar surface area (TPSA) is 82.8 Å². The van der Waals surface area contributed by atoms with Crippen LogP contribution in [-0.2, 0) is 6.54 Å². The fourth-order valence-corrected chi connectivity index (χ4v) is 2.71. The second kappa shape index (κ2) is 8.47. The highest BCUT2D eigenvalue weighted by Gasteiger charge is 2.19. The zero-order chi connectivity index (χ0) is 20.1. The van der Waals surface area contributed by atoms with Crippen LogP contribution in [0.15, 0.2) is 46.9 Å². The molecule has 146 valence electrons. The highest BCUT2D eigenvalue weighted by Crippen LogP contribution is 2.32. The molecule has 1 N–H and O–H groups in total. The third-order valence-corrected chi connectivity index (χ3v) is 4.25. The minimum absolute atomic E-state index is 0.248. The maximum atomic E-state index is 12.5. The number of ether oxygens (including phenoxy) is 3. The zero-order valence-electron chi connectivity index (χ0n) is 16.2. The maximum absolute atomic E-state index is 12.5. The molecule has 2 aromatic carbocycles. The van der Waals surface area contributed by atoms with Crippen molar-refractivity contribution in [1.82, 2.24) is 10.3 Å². The van der Waals surface area contributed by atoms with E-state index in [1.807, 2.05) is 24.3 Å². The molecule has 7 nitrogen and oxygen atoms in total. The Hall–Kier alpha value is -3.48. The lowest BCUT2D eigenvalue weighted by atomic mass is 10.2. The number of nitrogens with one attached hydrogen (secondary N) is 1. The molecule has 0 saturated heterocycles. The molecule has 0 radical (unpaired) electrons. The molecule has 0 aliphatic rings. The molecular weight excluding hydrogens is 360 g/mol. The van der Waals surface area contributed by atoms with Crippen LogP contribution in [0.2, 0.25) is 0 Å². The van der Waals surface area contributed by atoms with Gasteiger partial charge in [0, 0.05) is 12.1 Å². The Morgan fingerprint density at radius 3 is 2.36 bits per heavy atom. The lowest BCUT2D eigenvalue weighted by molar-refractivity contribution is 0.0945. The fraction of sp³-hybridized carbons (Fsp3) is 0.238. The predicted octanol–water partition coefficient (Wildman–Crippen LogP) is 3.61. The summed E-state index contributed by atoms with van der Waals surface area (Å²) in [6, 6.07) is 12.8. The number of oxazole rings is 1. The van der Waals surface area contributed by atoms with Crippen molar-refractivity contribution in [1.29, 1.82) is 0 Å². The van der Waals surface area contributed by atoms with Crippen molar-refractivity contribution >= 4 is 5.91 Å². The first kappa shape index (κ1) is 19.3. The summed E-state index contributed by atoms with van der Waals surface area (Å²) >= 11 is 0. The molecule has 0 atom stereocenters. The number of methoxy groups -OCH3 is 3. The highest BCUT2D eigenvalue weighted by atomic mass is 16.5. The van der Waals surface area contributed by atoms with Gasteiger partial charge in [0.1, 0.15) is 11.5 Å². The number of hydrogen-bond acceptors (Lipinski definition) is 6. The summed E-state index contributed by atoms with van der Waals surface area (Å²) in [5, 5.41) is 2.85. The van der Waals surface area contributed by atoms with E-state index in [9.17, 15) is 4.79 Å². The van der Waals surface area contributed by atoms with Crippen molar-refractivity contribution in [2.75, 3.05) is 21.3 Å². The van der Waals surface area contributed by atoms with Gasteiger partial charge in [-0.05, 0) is 42.8 Å². The Morgan fingerprint density at radius 1 is 1.00 bits per heavy atom. The Morgan fingerprint density at radius 2 is 1.71 bits per heavy atom. The summed E-state index contributed by atoms with van der Waals surface area (Å²) in [7, 11) is 4.73. The van der Waals surface area contributed by atoms with E-state index >= 15 is 0 Å². The molecule has 0 aliphatic heterocycles. The van der Waals surface area contributed by atoms with Crippen LogP contribution < -0.4 is 19.5 Å². The highest BCUT2D eigenvalue weighted by molar-refractivity contribution is 5.93. The number of hydrogen-bond donors (Lipinski definition) is 1. The van der Waals surface area contributed by atoms with Crippen molar-refractivity contribution in [3.05, 3.63) is 59.5 Å². The lowest BCUT2D eigenvalue weighted by Gasteiger charge is -2.07. The summed E-state index contributed by atoms with van der Waals surface area (Å²) in [5.41, 5.74) is 1.89. The van der Waals surface area contributed by atoms with Gasteiger partial charge in [-0.15, -0.1) is 0 Å². The van der Waals surface area contributed by atoms with Gasteiger partial charge in [0.25, 0.3) is 5.91 Å². The van der Waals surface area contributed by atoms with E-state index < -0.39 is 0 Å². The first-order valence-corrected chi connectivity index (χ1v) is 8.66. The summed E-state index contributed by atoms with van der Waals surface area (Å²) in [6.45, 7) is 2.08. The molecule has 1 aromatic heterocycles. The molecule has 0 saturated carbocycles. The van der Waals surface area contributed by atoms with Gasteiger partial charge in [-0.1, -0.05) is 12.1 Å². The van der Waals surface area contributed by atoms with Crippen molar-refractivity contribution in [3.63, 3.8) is 0 Å². The number of aromatic nitrogens is 1. The van der Waals surface area contributed by atoms with Crippen molar-refractivity contribution in [2.45, 2.75) is 13.5 Å². The Bertz CT molecular complexity index is 963. The van der Waals surface area contributed by atoms with Gasteiger partial charge in [0.15, 0.2) is 17.2 Å². The number of carbonyl (C=O) groups is 1. The van der Waals surface area contributed by atoms with Crippen molar-refractivity contribution in [2.24, 2.45) is 0 Å². The standard InChI is InChI=1S/C21H22N2O5/c1-13-19(20(24)22-12-14-5-8-16(25-2)9-6-14)23-21(28-13)15-7-10-17(26-3)18(11-15)27-4/h5-11H,12H2,1-4H3,(H,22,24). The largest absolute Gasteiger partial charge is 0.497 e. The average molecular weight is 382 g/mol. The SMILES string of the molecule is COc1ccc(CNC(=O)c2nc(-c3ccc(OC)c(OC)c3)oc2C)cc1. The van der Waals surface area contributed by atoms with Crippen LogP contribution in [-0.4, -0.2) is 32.2 Å². The van der Waals surface area contributed by atoms with E-state index in [2.05, 4.69) is 10.3 Å². The van der Waals surface area contributed by atoms with E-state index in [1.54, 1.807) is 46.5 Å². The summed E-state index contributed by atoms with van der Waals surface area (Å²) in [6.07, 6.45) is 0. The minimum atomic E-state index is -0.302. The molecule has 3 aromatic rings. The smallest absolute Gasteiger partial charge is 0.273 e. The van der Waals surface area contributed by atoms with Crippen LogP contribution in [0.3, 0.4) is 0 Å². The molecule has 1 heterocycles. The average Bonchev–Trinajstić information content (AvgIpc) is 3.13. The van der Waals surface area contributed by atoms with Crippen LogP contribution in [0.5, 0.6) is 17.2 Å². The molecule has 0 unspecified atom stereocenters. The molecule has 28 heavy (non-hydrogen) atoms. The normalized spacial score (nSPS) is 10.4. The molecule has 0 spiro atoms. The van der Waals surface area contributed by atoms with Gasteiger partial charge in [-0.2, -0.15) is 0 Å². The molecular formula is C21H22N2O5. The first-order chi connectivity index (χ1) is 13.5. The number of amides is 1. The Kier molecular flexibility index (Phi) is 5.84. The summed E-state index contributed by atoms with van der Waals surface area (Å²) < 4.78 is 21.4. The van der Waals surface area contributed by atoms with Crippen LogP contribution in [0, 0.1) is 6.92 Å². The molecule has 0 aliphatic carbocycles. The maximum Gasteiger partial charge on any atom is 0.273 e. The first-order valence-electron chi connectivity index (χ1n) is 8.66. The fourth-order valence-electron chi connectivity index (χ4n) is 2.71. The number of benzene rings is 2. The van der Waals surface area contributed by atoms with Gasteiger partial charge in [0.2, 0.25) is 5.89 Å². The van der Waals surface area contributed by atoms with E-state index in [1.165, 1.54) is 0 Å². The number of nitrogens with zero attached hydrogens (tertiary/aromatic N) is 1. The molecule has 3 rings (SSSR count). The number of aryl methyl sites for hydroxylation is 1. The van der Waals surface area contributed by atoms with Crippen molar-refractivity contribution in [3.8, 4) is 28.7 Å². The number of rotatable bonds is 7. The third-order valence-electron chi connectivity index (χ3n) is 4.25. The quantitative estimate of drug-likeness (QED) is 0.672. The molecule has 0 bridgehead atoms. The van der Waals surface area contributed by atoms with Gasteiger partial charge in [-0.3, -0.25) is 4.79 Å². The molecule has 7 heteroatoms. The van der Waals surface area contributed by atoms with Crippen LogP contribution >= 0.6 is 0 Å². The monoisotopic (exact) mass is 382 g/mol. The molecule has 1 amide bonds. The summed E-state index contributed by atoms with van der Waals surface area (Å²) in [4.78, 5) is 16.9. The Labute approximate surface area is 163 Å². The van der Waals surface area contributed by atoms with Gasteiger partial charge >= 0.3 is 0 Å². The van der Waals surface area contributed by atoms with Crippen LogP contribution in [0.4, 0.5) is 0 Å². The van der Waals surface area contributed by atoms with Crippen LogP contribution in [0.25, 0.3) is 11.5 Å². The van der Waals surface area contributed by atoms with Gasteiger partial charge in [-0.25, -0.2) is 4.98 Å². The van der Waals surface area contributed by atoms with Gasteiger partial charge < -0.3 is 23.9 Å². The predicted molar refractivity (Wildman–Crippen MR) is 104 cm³/mol. The second-order valence-electron chi connectivity index (χ2n) is 6.02. The van der Waals surface area contributed by atoms with Crippen LogP contribution in [0.1, 0.15) is 21.8 Å². The lowest BCUT2D eigenvalue weighted by Crippen LogP contribution is -2.23. The minimum Gasteiger partial charge on any atom is -0.497 e. The van der Waals surface area contributed by atoms with Gasteiger partial charge in [0.05, 0.1) is 21.3 Å². The Balaban J connectivity index is 1.74. The third kappa shape index (κ3) is 4.09. The number of carbonyl (C=O) groups excluding carboxylic acids is 1. The second-order valence-corrected chi connectivity index (χ2v) is 6.02.